The van der Waals surface area contributed by atoms with Gasteiger partial charge in [0.25, 0.3) is 0 Å². The topological polar surface area (TPSA) is 138 Å². The molecule has 3 aromatic rings. The molecule has 2 N–H and O–H groups in total. The first-order valence-corrected chi connectivity index (χ1v) is 12.9. The molecule has 10 heteroatoms. The maximum absolute atomic E-state index is 12.4. The van der Waals surface area contributed by atoms with E-state index in [4.69, 9.17) is 13.9 Å². The predicted molar refractivity (Wildman–Crippen MR) is 145 cm³/mol. The number of aliphatic hydroxyl groups is 1. The highest BCUT2D eigenvalue weighted by atomic mass is 16.6. The molecule has 10 nitrogen and oxygen atoms in total. The Hall–Kier alpha value is -3.94. The predicted octanol–water partition coefficient (Wildman–Crippen LogP) is 4.95. The standard InChI is InChI=1S/C29H34N4O6/c1-28(2,3)39-27(35)33-12-10-21(11-13-33)37-17-24(34)31-20-8-6-19(7-9-20)26-32-23-15-18(16-30)14-22(25(23)38-26)29(4,5)36/h6-9,14-15,21,36H,10-13,17H2,1-5H3,(H,31,34). The molecule has 1 fully saturated rings. The Labute approximate surface area is 227 Å². The van der Waals surface area contributed by atoms with Gasteiger partial charge in [-0.25, -0.2) is 9.78 Å². The lowest BCUT2D eigenvalue weighted by Crippen LogP contribution is -2.43. The van der Waals surface area contributed by atoms with Crippen molar-refractivity contribution in [2.75, 3.05) is 25.0 Å². The third kappa shape index (κ3) is 7.13. The van der Waals surface area contributed by atoms with Crippen LogP contribution in [0.4, 0.5) is 10.5 Å². The van der Waals surface area contributed by atoms with E-state index >= 15 is 0 Å². The van der Waals surface area contributed by atoms with Crippen LogP contribution in [0.3, 0.4) is 0 Å². The summed E-state index contributed by atoms with van der Waals surface area (Å²) in [5.74, 6) is 0.0579. The maximum atomic E-state index is 12.4. The summed E-state index contributed by atoms with van der Waals surface area (Å²) < 4.78 is 17.1. The molecule has 0 aliphatic carbocycles. The third-order valence-electron chi connectivity index (χ3n) is 6.24. The van der Waals surface area contributed by atoms with Gasteiger partial charge in [0.15, 0.2) is 5.58 Å². The van der Waals surface area contributed by atoms with E-state index in [0.717, 1.165) is 0 Å². The molecule has 2 aromatic carbocycles. The van der Waals surface area contributed by atoms with E-state index in [0.29, 0.717) is 65.3 Å². The van der Waals surface area contributed by atoms with Crippen LogP contribution < -0.4 is 5.32 Å². The summed E-state index contributed by atoms with van der Waals surface area (Å²) in [7, 11) is 0. The monoisotopic (exact) mass is 534 g/mol. The molecule has 0 atom stereocenters. The largest absolute Gasteiger partial charge is 0.444 e. The Bertz CT molecular complexity index is 1380. The number of nitrogens with zero attached hydrogens (tertiary/aromatic N) is 3. The summed E-state index contributed by atoms with van der Waals surface area (Å²) in [6.07, 6.45) is 0.837. The van der Waals surface area contributed by atoms with Crippen molar-refractivity contribution in [3.05, 3.63) is 47.5 Å². The molecule has 39 heavy (non-hydrogen) atoms. The molecule has 206 valence electrons. The number of hydrogen-bond acceptors (Lipinski definition) is 8. The first-order chi connectivity index (χ1) is 18.3. The van der Waals surface area contributed by atoms with E-state index in [-0.39, 0.29) is 24.7 Å². The molecule has 1 aromatic heterocycles. The highest BCUT2D eigenvalue weighted by molar-refractivity contribution is 5.92. The van der Waals surface area contributed by atoms with Gasteiger partial charge in [-0.2, -0.15) is 5.26 Å². The van der Waals surface area contributed by atoms with E-state index < -0.39 is 11.2 Å². The van der Waals surface area contributed by atoms with Gasteiger partial charge in [0.2, 0.25) is 11.8 Å². The van der Waals surface area contributed by atoms with Crippen molar-refractivity contribution < 1.29 is 28.6 Å². The summed E-state index contributed by atoms with van der Waals surface area (Å²) in [5.41, 5.74) is 1.28. The van der Waals surface area contributed by atoms with Crippen LogP contribution >= 0.6 is 0 Å². The lowest BCUT2D eigenvalue weighted by Gasteiger charge is -2.33. The van der Waals surface area contributed by atoms with Gasteiger partial charge < -0.3 is 29.2 Å². The second-order valence-electron chi connectivity index (χ2n) is 11.2. The average molecular weight is 535 g/mol. The van der Waals surface area contributed by atoms with Crippen LogP contribution in [0.15, 0.2) is 40.8 Å². The lowest BCUT2D eigenvalue weighted by molar-refractivity contribution is -0.123. The minimum Gasteiger partial charge on any atom is -0.444 e. The number of rotatable bonds is 6. The fourth-order valence-corrected chi connectivity index (χ4v) is 4.29. The number of nitriles is 1. The van der Waals surface area contributed by atoms with Gasteiger partial charge in [-0.15, -0.1) is 0 Å². The Morgan fingerprint density at radius 2 is 1.82 bits per heavy atom. The molecular formula is C29H34N4O6. The molecule has 4 rings (SSSR count). The highest BCUT2D eigenvalue weighted by Gasteiger charge is 2.28. The number of amides is 2. The number of carbonyl (C=O) groups is 2. The smallest absolute Gasteiger partial charge is 0.410 e. The number of anilines is 1. The zero-order chi connectivity index (χ0) is 28.4. The number of fused-ring (bicyclic) bond motifs is 1. The third-order valence-corrected chi connectivity index (χ3v) is 6.24. The van der Waals surface area contributed by atoms with E-state index in [2.05, 4.69) is 16.4 Å². The van der Waals surface area contributed by atoms with E-state index in [1.807, 2.05) is 20.8 Å². The molecule has 0 bridgehead atoms. The van der Waals surface area contributed by atoms with Crippen LogP contribution in [0.5, 0.6) is 0 Å². The number of nitrogens with one attached hydrogen (secondary N) is 1. The van der Waals surface area contributed by atoms with Gasteiger partial charge in [0.05, 0.1) is 23.3 Å². The van der Waals surface area contributed by atoms with Gasteiger partial charge in [-0.05, 0) is 83.9 Å². The van der Waals surface area contributed by atoms with Gasteiger partial charge in [-0.1, -0.05) is 0 Å². The van der Waals surface area contributed by atoms with Crippen molar-refractivity contribution in [2.24, 2.45) is 0 Å². The minimum absolute atomic E-state index is 0.0923. The minimum atomic E-state index is -1.22. The highest BCUT2D eigenvalue weighted by Crippen LogP contribution is 2.33. The van der Waals surface area contributed by atoms with E-state index in [1.54, 1.807) is 55.1 Å². The number of ether oxygens (including phenoxy) is 2. The number of oxazole rings is 1. The molecule has 2 heterocycles. The van der Waals surface area contributed by atoms with Crippen LogP contribution in [0, 0.1) is 11.3 Å². The second-order valence-corrected chi connectivity index (χ2v) is 11.2. The van der Waals surface area contributed by atoms with E-state index in [1.165, 1.54) is 0 Å². The molecular weight excluding hydrogens is 500 g/mol. The van der Waals surface area contributed by atoms with Crippen LogP contribution in [-0.4, -0.2) is 58.4 Å². The van der Waals surface area contributed by atoms with Crippen molar-refractivity contribution in [3.8, 4) is 17.5 Å². The fourth-order valence-electron chi connectivity index (χ4n) is 4.29. The molecule has 0 saturated carbocycles. The van der Waals surface area contributed by atoms with Crippen molar-refractivity contribution >= 4 is 28.8 Å². The van der Waals surface area contributed by atoms with Gasteiger partial charge in [0, 0.05) is 29.9 Å². The Kier molecular flexibility index (Phi) is 7.95. The van der Waals surface area contributed by atoms with Crippen molar-refractivity contribution in [2.45, 2.75) is 64.8 Å². The summed E-state index contributed by atoms with van der Waals surface area (Å²) in [5, 5.41) is 22.7. The number of piperidine rings is 1. The zero-order valence-electron chi connectivity index (χ0n) is 22.9. The summed E-state index contributed by atoms with van der Waals surface area (Å²) in [6.45, 7) is 9.71. The number of aromatic nitrogens is 1. The average Bonchev–Trinajstić information content (AvgIpc) is 3.30. The molecule has 0 spiro atoms. The first kappa shape index (κ1) is 28.1. The number of likely N-dealkylation sites (tertiary alicyclic amines) is 1. The molecule has 1 aliphatic rings. The second kappa shape index (κ2) is 11.0. The summed E-state index contributed by atoms with van der Waals surface area (Å²) in [4.78, 5) is 30.8. The van der Waals surface area contributed by atoms with Crippen LogP contribution in [0.2, 0.25) is 0 Å². The first-order valence-electron chi connectivity index (χ1n) is 12.9. The Balaban J connectivity index is 1.32. The normalized spacial score (nSPS) is 14.7. The molecule has 0 radical (unpaired) electrons. The van der Waals surface area contributed by atoms with E-state index in [9.17, 15) is 20.0 Å². The SMILES string of the molecule is CC(C)(C)OC(=O)N1CCC(OCC(=O)Nc2ccc(-c3nc4cc(C#N)cc(C(C)(C)O)c4o3)cc2)CC1. The molecule has 1 aliphatic heterocycles. The maximum Gasteiger partial charge on any atom is 0.410 e. The molecule has 0 unspecified atom stereocenters. The summed E-state index contributed by atoms with van der Waals surface area (Å²) >= 11 is 0. The van der Waals surface area contributed by atoms with Crippen molar-refractivity contribution in [1.82, 2.24) is 9.88 Å². The summed E-state index contributed by atoms with van der Waals surface area (Å²) in [6, 6.07) is 12.3. The van der Waals surface area contributed by atoms with Crippen molar-refractivity contribution in [1.29, 1.82) is 5.26 Å². The van der Waals surface area contributed by atoms with Crippen LogP contribution in [0.1, 0.15) is 58.6 Å². The van der Waals surface area contributed by atoms with Crippen LogP contribution in [-0.2, 0) is 19.9 Å². The number of benzene rings is 2. The zero-order valence-corrected chi connectivity index (χ0v) is 22.9. The lowest BCUT2D eigenvalue weighted by atomic mass is 9.95. The quantitative estimate of drug-likeness (QED) is 0.453. The van der Waals surface area contributed by atoms with Crippen molar-refractivity contribution in [3.63, 3.8) is 0 Å². The Morgan fingerprint density at radius 1 is 1.15 bits per heavy atom. The van der Waals surface area contributed by atoms with Gasteiger partial charge in [-0.3, -0.25) is 4.79 Å². The van der Waals surface area contributed by atoms with Gasteiger partial charge >= 0.3 is 6.09 Å². The fraction of sp³-hybridized carbons (Fsp3) is 0.448. The van der Waals surface area contributed by atoms with Gasteiger partial charge in [0.1, 0.15) is 17.7 Å². The Morgan fingerprint density at radius 3 is 2.41 bits per heavy atom. The number of carbonyl (C=O) groups excluding carboxylic acids is 2. The molecule has 2 amide bonds. The van der Waals surface area contributed by atoms with Crippen LogP contribution in [0.25, 0.3) is 22.6 Å². The molecule has 1 saturated heterocycles. The number of hydrogen-bond donors (Lipinski definition) is 2.